The van der Waals surface area contributed by atoms with Crippen LogP contribution < -0.4 is 10.1 Å². The second kappa shape index (κ2) is 7.01. The van der Waals surface area contributed by atoms with Gasteiger partial charge in [-0.1, -0.05) is 36.9 Å². The quantitative estimate of drug-likeness (QED) is 0.865. The average molecular weight is 268 g/mol. The summed E-state index contributed by atoms with van der Waals surface area (Å²) in [7, 11) is 0. The number of benzene rings is 1. The fourth-order valence-corrected chi connectivity index (χ4v) is 2.75. The molecule has 2 nitrogen and oxygen atoms in total. The molecule has 0 aromatic heterocycles. The zero-order valence-electron chi connectivity index (χ0n) is 11.0. The van der Waals surface area contributed by atoms with Crippen LogP contribution in [0.2, 0.25) is 5.02 Å². The molecule has 0 radical (unpaired) electrons. The summed E-state index contributed by atoms with van der Waals surface area (Å²) in [5.74, 6) is 0.778. The molecular formula is C15H22ClNO. The lowest BCUT2D eigenvalue weighted by Gasteiger charge is -2.23. The SMILES string of the molecule is CCOc1ccc(CNC2CCCCC2)cc1Cl. The molecule has 0 bridgehead atoms. The summed E-state index contributed by atoms with van der Waals surface area (Å²) in [6, 6.07) is 6.74. The molecule has 1 aliphatic carbocycles. The molecule has 1 aliphatic rings. The van der Waals surface area contributed by atoms with Crippen molar-refractivity contribution in [3.05, 3.63) is 28.8 Å². The number of ether oxygens (including phenoxy) is 1. The summed E-state index contributed by atoms with van der Waals surface area (Å²) in [5.41, 5.74) is 1.23. The van der Waals surface area contributed by atoms with Crippen molar-refractivity contribution in [3.8, 4) is 5.75 Å². The van der Waals surface area contributed by atoms with Gasteiger partial charge < -0.3 is 10.1 Å². The number of hydrogen-bond donors (Lipinski definition) is 1. The van der Waals surface area contributed by atoms with E-state index in [-0.39, 0.29) is 0 Å². The maximum Gasteiger partial charge on any atom is 0.137 e. The molecule has 1 N–H and O–H groups in total. The van der Waals surface area contributed by atoms with Gasteiger partial charge in [0.15, 0.2) is 0 Å². The maximum atomic E-state index is 6.18. The highest BCUT2D eigenvalue weighted by atomic mass is 35.5. The lowest BCUT2D eigenvalue weighted by Crippen LogP contribution is -2.30. The summed E-state index contributed by atoms with van der Waals surface area (Å²) in [6.45, 7) is 3.52. The lowest BCUT2D eigenvalue weighted by molar-refractivity contribution is 0.340. The van der Waals surface area contributed by atoms with Gasteiger partial charge in [0.1, 0.15) is 5.75 Å². The molecule has 18 heavy (non-hydrogen) atoms. The highest BCUT2D eigenvalue weighted by molar-refractivity contribution is 6.32. The largest absolute Gasteiger partial charge is 0.492 e. The third kappa shape index (κ3) is 3.89. The smallest absolute Gasteiger partial charge is 0.137 e. The molecular weight excluding hydrogens is 246 g/mol. The van der Waals surface area contributed by atoms with Gasteiger partial charge in [0.2, 0.25) is 0 Å². The van der Waals surface area contributed by atoms with Gasteiger partial charge in [-0.2, -0.15) is 0 Å². The van der Waals surface area contributed by atoms with Gasteiger partial charge in [-0.25, -0.2) is 0 Å². The summed E-state index contributed by atoms with van der Waals surface area (Å²) >= 11 is 6.18. The van der Waals surface area contributed by atoms with Crippen LogP contribution >= 0.6 is 11.6 Å². The molecule has 0 unspecified atom stereocenters. The Morgan fingerprint density at radius 2 is 2.06 bits per heavy atom. The second-order valence-corrected chi connectivity index (χ2v) is 5.32. The molecule has 100 valence electrons. The van der Waals surface area contributed by atoms with Crippen LogP contribution in [0.3, 0.4) is 0 Å². The van der Waals surface area contributed by atoms with Crippen molar-refractivity contribution in [2.45, 2.75) is 51.6 Å². The van der Waals surface area contributed by atoms with Crippen molar-refractivity contribution in [2.75, 3.05) is 6.61 Å². The molecule has 0 heterocycles. The summed E-state index contributed by atoms with van der Waals surface area (Å²) in [5, 5.41) is 4.33. The average Bonchev–Trinajstić information content (AvgIpc) is 2.41. The van der Waals surface area contributed by atoms with Crippen molar-refractivity contribution in [3.63, 3.8) is 0 Å². The Morgan fingerprint density at radius 3 is 2.72 bits per heavy atom. The van der Waals surface area contributed by atoms with E-state index in [0.29, 0.717) is 17.7 Å². The van der Waals surface area contributed by atoms with Crippen LogP contribution in [0.1, 0.15) is 44.6 Å². The molecule has 0 saturated heterocycles. The topological polar surface area (TPSA) is 21.3 Å². The van der Waals surface area contributed by atoms with Gasteiger partial charge in [0.05, 0.1) is 11.6 Å². The molecule has 1 aromatic rings. The van der Waals surface area contributed by atoms with Gasteiger partial charge in [0, 0.05) is 12.6 Å². The van der Waals surface area contributed by atoms with E-state index in [4.69, 9.17) is 16.3 Å². The Kier molecular flexibility index (Phi) is 5.33. The fourth-order valence-electron chi connectivity index (χ4n) is 2.50. The Bertz CT molecular complexity index is 375. The first-order chi connectivity index (χ1) is 8.79. The van der Waals surface area contributed by atoms with Gasteiger partial charge in [-0.05, 0) is 37.5 Å². The van der Waals surface area contributed by atoms with E-state index in [1.54, 1.807) is 0 Å². The van der Waals surface area contributed by atoms with Gasteiger partial charge in [-0.3, -0.25) is 0 Å². The third-order valence-corrected chi connectivity index (χ3v) is 3.79. The van der Waals surface area contributed by atoms with Crippen molar-refractivity contribution in [1.82, 2.24) is 5.32 Å². The van der Waals surface area contributed by atoms with Crippen LogP contribution in [0, 0.1) is 0 Å². The minimum absolute atomic E-state index is 0.652. The van der Waals surface area contributed by atoms with Crippen LogP contribution in [0.4, 0.5) is 0 Å². The summed E-state index contributed by atoms with van der Waals surface area (Å²) in [6.07, 6.45) is 6.74. The van der Waals surface area contributed by atoms with E-state index in [1.807, 2.05) is 19.1 Å². The normalized spacial score (nSPS) is 16.8. The Labute approximate surface area is 115 Å². The number of nitrogens with one attached hydrogen (secondary N) is 1. The van der Waals surface area contributed by atoms with E-state index in [9.17, 15) is 0 Å². The van der Waals surface area contributed by atoms with Crippen molar-refractivity contribution in [1.29, 1.82) is 0 Å². The molecule has 0 spiro atoms. The Hall–Kier alpha value is -0.730. The number of halogens is 1. The molecule has 0 atom stereocenters. The lowest BCUT2D eigenvalue weighted by atomic mass is 9.95. The van der Waals surface area contributed by atoms with Crippen molar-refractivity contribution >= 4 is 11.6 Å². The molecule has 0 amide bonds. The number of rotatable bonds is 5. The minimum Gasteiger partial charge on any atom is -0.492 e. The molecule has 1 fully saturated rings. The zero-order chi connectivity index (χ0) is 12.8. The molecule has 3 heteroatoms. The third-order valence-electron chi connectivity index (χ3n) is 3.50. The fraction of sp³-hybridized carbons (Fsp3) is 0.600. The van der Waals surface area contributed by atoms with Crippen LogP contribution in [-0.2, 0) is 6.54 Å². The van der Waals surface area contributed by atoms with Gasteiger partial charge in [-0.15, -0.1) is 0 Å². The van der Waals surface area contributed by atoms with E-state index in [0.717, 1.165) is 12.3 Å². The van der Waals surface area contributed by atoms with E-state index >= 15 is 0 Å². The van der Waals surface area contributed by atoms with Gasteiger partial charge in [0.25, 0.3) is 0 Å². The first-order valence-corrected chi connectivity index (χ1v) is 7.32. The first kappa shape index (κ1) is 13.7. The summed E-state index contributed by atoms with van der Waals surface area (Å²) in [4.78, 5) is 0. The monoisotopic (exact) mass is 267 g/mol. The van der Waals surface area contributed by atoms with Crippen LogP contribution in [0.25, 0.3) is 0 Å². The summed E-state index contributed by atoms with van der Waals surface area (Å²) < 4.78 is 5.43. The van der Waals surface area contributed by atoms with Gasteiger partial charge >= 0.3 is 0 Å². The van der Waals surface area contributed by atoms with Crippen LogP contribution in [-0.4, -0.2) is 12.6 Å². The predicted octanol–water partition coefficient (Wildman–Crippen LogP) is 4.16. The zero-order valence-corrected chi connectivity index (χ0v) is 11.8. The van der Waals surface area contributed by atoms with Crippen LogP contribution in [0.5, 0.6) is 5.75 Å². The highest BCUT2D eigenvalue weighted by Gasteiger charge is 2.12. The minimum atomic E-state index is 0.652. The van der Waals surface area contributed by atoms with Crippen molar-refractivity contribution < 1.29 is 4.74 Å². The first-order valence-electron chi connectivity index (χ1n) is 6.94. The maximum absolute atomic E-state index is 6.18. The van der Waals surface area contributed by atoms with E-state index in [2.05, 4.69) is 11.4 Å². The molecule has 1 saturated carbocycles. The van der Waals surface area contributed by atoms with Crippen LogP contribution in [0.15, 0.2) is 18.2 Å². The Morgan fingerprint density at radius 1 is 1.28 bits per heavy atom. The van der Waals surface area contributed by atoms with Crippen molar-refractivity contribution in [2.24, 2.45) is 0 Å². The van der Waals surface area contributed by atoms with E-state index < -0.39 is 0 Å². The standard InChI is InChI=1S/C15H22ClNO/c1-2-18-15-9-8-12(10-14(15)16)11-17-13-6-4-3-5-7-13/h8-10,13,17H,2-7,11H2,1H3. The number of hydrogen-bond acceptors (Lipinski definition) is 2. The molecule has 0 aliphatic heterocycles. The highest BCUT2D eigenvalue weighted by Crippen LogP contribution is 2.25. The molecule has 2 rings (SSSR count). The van der Waals surface area contributed by atoms with E-state index in [1.165, 1.54) is 37.7 Å². The predicted molar refractivity (Wildman–Crippen MR) is 76.3 cm³/mol. The Balaban J connectivity index is 1.87. The second-order valence-electron chi connectivity index (χ2n) is 4.91. The molecule has 1 aromatic carbocycles.